The van der Waals surface area contributed by atoms with E-state index in [1.165, 1.54) is 44.9 Å². The molecule has 4 nitrogen and oxygen atoms in total. The Kier molecular flexibility index (Phi) is 3.97. The van der Waals surface area contributed by atoms with Crippen molar-refractivity contribution in [2.45, 2.75) is 63.6 Å². The molecule has 3 rings (SSSR count). The second-order valence-electron chi connectivity index (χ2n) is 5.92. The maximum Gasteiger partial charge on any atom is 0.147 e. The van der Waals surface area contributed by atoms with E-state index < -0.39 is 0 Å². The lowest BCUT2D eigenvalue weighted by Gasteiger charge is -2.31. The smallest absolute Gasteiger partial charge is 0.147 e. The van der Waals surface area contributed by atoms with Gasteiger partial charge in [-0.25, -0.2) is 4.98 Å². The van der Waals surface area contributed by atoms with Gasteiger partial charge in [0.15, 0.2) is 0 Å². The standard InChI is InChI=1S/C15H24N4/c1-19(14-5-3-2-4-6-14)15-11-17-13(10-18-15)9-16-12-7-8-12/h10-12,14,16H,2-9H2,1H3. The monoisotopic (exact) mass is 260 g/mol. The summed E-state index contributed by atoms with van der Waals surface area (Å²) in [4.78, 5) is 11.4. The Morgan fingerprint density at radius 2 is 1.89 bits per heavy atom. The zero-order valence-electron chi connectivity index (χ0n) is 11.8. The number of nitrogens with zero attached hydrogens (tertiary/aromatic N) is 3. The molecule has 0 radical (unpaired) electrons. The molecule has 0 spiro atoms. The van der Waals surface area contributed by atoms with Crippen molar-refractivity contribution in [1.29, 1.82) is 0 Å². The minimum atomic E-state index is 0.651. The fraction of sp³-hybridized carbons (Fsp3) is 0.733. The van der Waals surface area contributed by atoms with Crippen molar-refractivity contribution in [2.75, 3.05) is 11.9 Å². The molecule has 19 heavy (non-hydrogen) atoms. The first-order valence-electron chi connectivity index (χ1n) is 7.60. The van der Waals surface area contributed by atoms with Gasteiger partial charge in [-0.2, -0.15) is 0 Å². The third-order valence-corrected chi connectivity index (χ3v) is 4.32. The first-order valence-corrected chi connectivity index (χ1v) is 7.60. The van der Waals surface area contributed by atoms with Crippen molar-refractivity contribution in [1.82, 2.24) is 15.3 Å². The Bertz CT molecular complexity index is 393. The Morgan fingerprint density at radius 3 is 2.53 bits per heavy atom. The number of anilines is 1. The summed E-state index contributed by atoms with van der Waals surface area (Å²) in [5.74, 6) is 1.02. The van der Waals surface area contributed by atoms with E-state index in [1.807, 2.05) is 12.4 Å². The van der Waals surface area contributed by atoms with Crippen LogP contribution in [0.25, 0.3) is 0 Å². The Balaban J connectivity index is 1.57. The van der Waals surface area contributed by atoms with Gasteiger partial charge in [0.05, 0.1) is 18.1 Å². The van der Waals surface area contributed by atoms with E-state index in [9.17, 15) is 0 Å². The van der Waals surface area contributed by atoms with Crippen LogP contribution < -0.4 is 10.2 Å². The molecule has 0 bridgehead atoms. The van der Waals surface area contributed by atoms with Crippen LogP contribution in [0, 0.1) is 0 Å². The summed E-state index contributed by atoms with van der Waals surface area (Å²) in [5.41, 5.74) is 1.05. The molecule has 2 aliphatic carbocycles. The van der Waals surface area contributed by atoms with Crippen LogP contribution in [0.2, 0.25) is 0 Å². The molecular formula is C15H24N4. The molecule has 2 fully saturated rings. The van der Waals surface area contributed by atoms with E-state index in [1.54, 1.807) is 0 Å². The molecule has 0 aromatic carbocycles. The van der Waals surface area contributed by atoms with E-state index in [-0.39, 0.29) is 0 Å². The second-order valence-corrected chi connectivity index (χ2v) is 5.92. The van der Waals surface area contributed by atoms with Crippen LogP contribution >= 0.6 is 0 Å². The van der Waals surface area contributed by atoms with Gasteiger partial charge >= 0.3 is 0 Å². The zero-order chi connectivity index (χ0) is 13.1. The van der Waals surface area contributed by atoms with E-state index in [0.717, 1.165) is 24.1 Å². The third kappa shape index (κ3) is 3.44. The quantitative estimate of drug-likeness (QED) is 0.883. The molecule has 4 heteroatoms. The highest BCUT2D eigenvalue weighted by atomic mass is 15.2. The largest absolute Gasteiger partial charge is 0.355 e. The highest BCUT2D eigenvalue weighted by Gasteiger charge is 2.21. The average Bonchev–Trinajstić information content (AvgIpc) is 3.30. The lowest BCUT2D eigenvalue weighted by Crippen LogP contribution is -2.34. The fourth-order valence-corrected chi connectivity index (χ4v) is 2.81. The topological polar surface area (TPSA) is 41.1 Å². The number of hydrogen-bond donors (Lipinski definition) is 1. The fourth-order valence-electron chi connectivity index (χ4n) is 2.81. The molecule has 0 atom stereocenters. The maximum absolute atomic E-state index is 4.58. The van der Waals surface area contributed by atoms with Crippen LogP contribution in [0.1, 0.15) is 50.6 Å². The Labute approximate surface area is 115 Å². The normalized spacial score (nSPS) is 20.5. The number of aromatic nitrogens is 2. The molecule has 0 unspecified atom stereocenters. The molecule has 2 aliphatic rings. The summed E-state index contributed by atoms with van der Waals surface area (Å²) in [6, 6.07) is 1.38. The average molecular weight is 260 g/mol. The number of hydrogen-bond acceptors (Lipinski definition) is 4. The third-order valence-electron chi connectivity index (χ3n) is 4.32. The van der Waals surface area contributed by atoms with Crippen LogP contribution in [-0.4, -0.2) is 29.1 Å². The van der Waals surface area contributed by atoms with Gasteiger partial charge in [-0.1, -0.05) is 19.3 Å². The van der Waals surface area contributed by atoms with E-state index in [4.69, 9.17) is 0 Å². The van der Waals surface area contributed by atoms with Gasteiger partial charge in [0.2, 0.25) is 0 Å². The molecule has 1 heterocycles. The van der Waals surface area contributed by atoms with Crippen molar-refractivity contribution in [2.24, 2.45) is 0 Å². The van der Waals surface area contributed by atoms with Crippen LogP contribution in [0.5, 0.6) is 0 Å². The molecule has 0 amide bonds. The zero-order valence-corrected chi connectivity index (χ0v) is 11.8. The van der Waals surface area contributed by atoms with Crippen molar-refractivity contribution in [3.63, 3.8) is 0 Å². The minimum absolute atomic E-state index is 0.651. The van der Waals surface area contributed by atoms with Gasteiger partial charge in [-0.3, -0.25) is 4.98 Å². The van der Waals surface area contributed by atoms with Crippen LogP contribution in [0.15, 0.2) is 12.4 Å². The first-order chi connectivity index (χ1) is 9.33. The van der Waals surface area contributed by atoms with Crippen molar-refractivity contribution < 1.29 is 0 Å². The van der Waals surface area contributed by atoms with Gasteiger partial charge in [-0.15, -0.1) is 0 Å². The summed E-state index contributed by atoms with van der Waals surface area (Å²) >= 11 is 0. The van der Waals surface area contributed by atoms with Gasteiger partial charge < -0.3 is 10.2 Å². The SMILES string of the molecule is CN(c1cnc(CNC2CC2)cn1)C1CCCCC1. The van der Waals surface area contributed by atoms with Crippen molar-refractivity contribution in [3.8, 4) is 0 Å². The molecule has 0 saturated heterocycles. The van der Waals surface area contributed by atoms with Gasteiger partial charge in [-0.05, 0) is 25.7 Å². The summed E-state index contributed by atoms with van der Waals surface area (Å²) in [5, 5.41) is 3.47. The maximum atomic E-state index is 4.58. The van der Waals surface area contributed by atoms with Crippen molar-refractivity contribution >= 4 is 5.82 Å². The lowest BCUT2D eigenvalue weighted by atomic mass is 9.94. The molecule has 104 valence electrons. The van der Waals surface area contributed by atoms with Gasteiger partial charge in [0.25, 0.3) is 0 Å². The van der Waals surface area contributed by atoms with Gasteiger partial charge in [0.1, 0.15) is 5.82 Å². The molecule has 1 N–H and O–H groups in total. The minimum Gasteiger partial charge on any atom is -0.355 e. The van der Waals surface area contributed by atoms with E-state index in [2.05, 4.69) is 27.2 Å². The van der Waals surface area contributed by atoms with Gasteiger partial charge in [0, 0.05) is 25.7 Å². The summed E-state index contributed by atoms with van der Waals surface area (Å²) in [6.07, 6.45) is 13.2. The molecular weight excluding hydrogens is 236 g/mol. The van der Waals surface area contributed by atoms with Crippen molar-refractivity contribution in [3.05, 3.63) is 18.1 Å². The summed E-state index contributed by atoms with van der Waals surface area (Å²) < 4.78 is 0. The molecule has 1 aromatic rings. The van der Waals surface area contributed by atoms with Crippen LogP contribution in [-0.2, 0) is 6.54 Å². The number of rotatable bonds is 5. The second kappa shape index (κ2) is 5.87. The highest BCUT2D eigenvalue weighted by Crippen LogP contribution is 2.24. The number of nitrogens with one attached hydrogen (secondary N) is 1. The summed E-state index contributed by atoms with van der Waals surface area (Å²) in [6.45, 7) is 0.852. The first kappa shape index (κ1) is 12.9. The predicted octanol–water partition coefficient (Wildman–Crippen LogP) is 2.50. The highest BCUT2D eigenvalue weighted by molar-refractivity contribution is 5.36. The lowest BCUT2D eigenvalue weighted by molar-refractivity contribution is 0.425. The van der Waals surface area contributed by atoms with E-state index in [0.29, 0.717) is 6.04 Å². The molecule has 0 aliphatic heterocycles. The Hall–Kier alpha value is -1.16. The Morgan fingerprint density at radius 1 is 1.11 bits per heavy atom. The van der Waals surface area contributed by atoms with Crippen LogP contribution in [0.3, 0.4) is 0 Å². The van der Waals surface area contributed by atoms with E-state index >= 15 is 0 Å². The van der Waals surface area contributed by atoms with Crippen LogP contribution in [0.4, 0.5) is 5.82 Å². The predicted molar refractivity (Wildman–Crippen MR) is 77.2 cm³/mol. The summed E-state index contributed by atoms with van der Waals surface area (Å²) in [7, 11) is 2.15. The molecule has 2 saturated carbocycles. The molecule has 1 aromatic heterocycles.